The maximum atomic E-state index is 12.9. The van der Waals surface area contributed by atoms with Crippen LogP contribution in [0.2, 0.25) is 0 Å². The first-order chi connectivity index (χ1) is 11.8. The Morgan fingerprint density at radius 3 is 2.60 bits per heavy atom. The van der Waals surface area contributed by atoms with Crippen LogP contribution in [0.3, 0.4) is 0 Å². The molecule has 0 aliphatic carbocycles. The van der Waals surface area contributed by atoms with E-state index >= 15 is 0 Å². The third kappa shape index (κ3) is 3.64. The number of fused-ring (bicyclic) bond motifs is 1. The lowest BCUT2D eigenvalue weighted by molar-refractivity contribution is -0.187. The molecule has 1 saturated heterocycles. The average molecular weight is 358 g/mol. The second-order valence-electron chi connectivity index (χ2n) is 6.24. The molecular weight excluding hydrogens is 341 g/mol. The van der Waals surface area contributed by atoms with Crippen LogP contribution in [0, 0.1) is 11.8 Å². The van der Waals surface area contributed by atoms with Crippen molar-refractivity contribution < 1.29 is 32.6 Å². The van der Waals surface area contributed by atoms with Crippen LogP contribution in [0.1, 0.15) is 5.56 Å². The Morgan fingerprint density at radius 2 is 2.00 bits per heavy atom. The smallest absolute Gasteiger partial charge is 0.394 e. The number of carboxylic acid groups (broad SMARTS) is 1. The molecule has 1 fully saturated rings. The van der Waals surface area contributed by atoms with Crippen molar-refractivity contribution in [1.82, 2.24) is 10.2 Å². The van der Waals surface area contributed by atoms with Crippen LogP contribution in [0.25, 0.3) is 0 Å². The number of amides is 2. The SMILES string of the molecule is O=C(O)[C@@H]1CN(C(=O)NCC2Cc3ccccc3O2)C[C@H]1C(F)(F)F. The summed E-state index contributed by atoms with van der Waals surface area (Å²) < 4.78 is 44.5. The van der Waals surface area contributed by atoms with Crippen molar-refractivity contribution in [3.8, 4) is 5.75 Å². The molecule has 136 valence electrons. The predicted octanol–water partition coefficient (Wildman–Crippen LogP) is 1.89. The lowest BCUT2D eigenvalue weighted by Crippen LogP contribution is -2.43. The zero-order valence-corrected chi connectivity index (χ0v) is 13.1. The summed E-state index contributed by atoms with van der Waals surface area (Å²) in [7, 11) is 0. The maximum absolute atomic E-state index is 12.9. The number of benzene rings is 1. The quantitative estimate of drug-likeness (QED) is 0.865. The Bertz CT molecular complexity index is 655. The maximum Gasteiger partial charge on any atom is 0.394 e. The van der Waals surface area contributed by atoms with Gasteiger partial charge in [0.05, 0.1) is 18.4 Å². The summed E-state index contributed by atoms with van der Waals surface area (Å²) in [5.41, 5.74) is 1.01. The van der Waals surface area contributed by atoms with Crippen LogP contribution in [0.15, 0.2) is 24.3 Å². The number of nitrogens with zero attached hydrogens (tertiary/aromatic N) is 1. The van der Waals surface area contributed by atoms with Gasteiger partial charge in [0.2, 0.25) is 0 Å². The van der Waals surface area contributed by atoms with Gasteiger partial charge in [-0.25, -0.2) is 4.79 Å². The lowest BCUT2D eigenvalue weighted by Gasteiger charge is -2.19. The molecule has 2 aliphatic rings. The third-order valence-electron chi connectivity index (χ3n) is 4.54. The van der Waals surface area contributed by atoms with E-state index in [2.05, 4.69) is 5.32 Å². The van der Waals surface area contributed by atoms with Gasteiger partial charge in [0, 0.05) is 19.5 Å². The van der Waals surface area contributed by atoms with Crippen LogP contribution in [-0.2, 0) is 11.2 Å². The molecule has 0 saturated carbocycles. The van der Waals surface area contributed by atoms with Crippen LogP contribution in [0.4, 0.5) is 18.0 Å². The molecule has 9 heteroatoms. The highest BCUT2D eigenvalue weighted by Gasteiger charge is 2.53. The first-order valence-corrected chi connectivity index (χ1v) is 7.82. The van der Waals surface area contributed by atoms with E-state index in [1.54, 1.807) is 0 Å². The first-order valence-electron chi connectivity index (χ1n) is 7.82. The van der Waals surface area contributed by atoms with Gasteiger partial charge in [-0.05, 0) is 11.6 Å². The van der Waals surface area contributed by atoms with Gasteiger partial charge in [-0.2, -0.15) is 13.2 Å². The average Bonchev–Trinajstić information content (AvgIpc) is 3.16. The molecule has 1 aromatic rings. The zero-order valence-electron chi connectivity index (χ0n) is 13.1. The fraction of sp³-hybridized carbons (Fsp3) is 0.500. The molecule has 0 bridgehead atoms. The summed E-state index contributed by atoms with van der Waals surface area (Å²) in [6.07, 6.45) is -4.36. The highest BCUT2D eigenvalue weighted by atomic mass is 19.4. The summed E-state index contributed by atoms with van der Waals surface area (Å²) in [5, 5.41) is 11.5. The summed E-state index contributed by atoms with van der Waals surface area (Å²) in [6, 6.07) is 6.70. The van der Waals surface area contributed by atoms with Crippen molar-refractivity contribution in [2.24, 2.45) is 11.8 Å². The molecule has 2 amide bonds. The number of hydrogen-bond donors (Lipinski definition) is 2. The number of urea groups is 1. The van der Waals surface area contributed by atoms with Gasteiger partial charge in [0.1, 0.15) is 11.9 Å². The number of carboxylic acids is 1. The van der Waals surface area contributed by atoms with Crippen LogP contribution in [0.5, 0.6) is 5.75 Å². The van der Waals surface area contributed by atoms with Crippen molar-refractivity contribution in [3.05, 3.63) is 29.8 Å². The standard InChI is InChI=1S/C16H17F3N2O4/c17-16(18,19)12-8-21(7-11(12)14(22)23)15(24)20-6-10-5-9-3-1-2-4-13(9)25-10/h1-4,10-12H,5-8H2,(H,20,24)(H,22,23)/t10?,11-,12-/m1/s1. The number of likely N-dealkylation sites (tertiary alicyclic amines) is 1. The van der Waals surface area contributed by atoms with Crippen molar-refractivity contribution in [2.45, 2.75) is 18.7 Å². The number of aliphatic carboxylic acids is 1. The minimum atomic E-state index is -4.66. The van der Waals surface area contributed by atoms with Gasteiger partial charge in [0.15, 0.2) is 0 Å². The molecule has 3 rings (SSSR count). The van der Waals surface area contributed by atoms with Gasteiger partial charge in [-0.1, -0.05) is 18.2 Å². The number of alkyl halides is 3. The Hall–Kier alpha value is -2.45. The van der Waals surface area contributed by atoms with E-state index in [1.807, 2.05) is 24.3 Å². The molecule has 2 N–H and O–H groups in total. The molecular formula is C16H17F3N2O4. The Kier molecular flexibility index (Phi) is 4.49. The Balaban J connectivity index is 1.55. The minimum Gasteiger partial charge on any atom is -0.488 e. The topological polar surface area (TPSA) is 78.9 Å². The molecule has 1 unspecified atom stereocenters. The summed E-state index contributed by atoms with van der Waals surface area (Å²) in [5.74, 6) is -4.52. The number of hydrogen-bond acceptors (Lipinski definition) is 3. The minimum absolute atomic E-state index is 0.137. The van der Waals surface area contributed by atoms with Crippen molar-refractivity contribution in [1.29, 1.82) is 0 Å². The first kappa shape index (κ1) is 17.4. The number of nitrogens with one attached hydrogen (secondary N) is 1. The van der Waals surface area contributed by atoms with Crippen molar-refractivity contribution in [3.63, 3.8) is 0 Å². The van der Waals surface area contributed by atoms with Gasteiger partial charge in [-0.15, -0.1) is 0 Å². The molecule has 1 aromatic carbocycles. The van der Waals surface area contributed by atoms with E-state index in [9.17, 15) is 22.8 Å². The van der Waals surface area contributed by atoms with Crippen LogP contribution in [-0.4, -0.2) is 53.9 Å². The molecule has 25 heavy (non-hydrogen) atoms. The highest BCUT2D eigenvalue weighted by molar-refractivity contribution is 5.77. The monoisotopic (exact) mass is 358 g/mol. The van der Waals surface area contributed by atoms with E-state index in [4.69, 9.17) is 9.84 Å². The molecule has 3 atom stereocenters. The number of para-hydroxylation sites is 1. The molecule has 2 heterocycles. The summed E-state index contributed by atoms with van der Waals surface area (Å²) in [6.45, 7) is -0.979. The largest absolute Gasteiger partial charge is 0.488 e. The van der Waals surface area contributed by atoms with Crippen LogP contribution < -0.4 is 10.1 Å². The normalized spacial score (nSPS) is 25.4. The fourth-order valence-corrected chi connectivity index (χ4v) is 3.23. The van der Waals surface area contributed by atoms with E-state index in [-0.39, 0.29) is 12.6 Å². The van der Waals surface area contributed by atoms with E-state index in [1.165, 1.54) is 0 Å². The van der Waals surface area contributed by atoms with Gasteiger partial charge in [-0.3, -0.25) is 4.79 Å². The number of halogens is 3. The van der Waals surface area contributed by atoms with Crippen molar-refractivity contribution in [2.75, 3.05) is 19.6 Å². The molecule has 0 aromatic heterocycles. The number of rotatable bonds is 3. The number of carbonyl (C=O) groups excluding carboxylic acids is 1. The summed E-state index contributed by atoms with van der Waals surface area (Å²) >= 11 is 0. The van der Waals surface area contributed by atoms with E-state index in [0.29, 0.717) is 6.42 Å². The second kappa shape index (κ2) is 6.45. The zero-order chi connectivity index (χ0) is 18.2. The lowest BCUT2D eigenvalue weighted by atomic mass is 9.96. The number of carbonyl (C=O) groups is 2. The summed E-state index contributed by atoms with van der Waals surface area (Å²) in [4.78, 5) is 24.1. The van der Waals surface area contributed by atoms with Gasteiger partial charge >= 0.3 is 18.2 Å². The highest BCUT2D eigenvalue weighted by Crippen LogP contribution is 2.37. The van der Waals surface area contributed by atoms with E-state index in [0.717, 1.165) is 16.2 Å². The molecule has 2 aliphatic heterocycles. The van der Waals surface area contributed by atoms with Gasteiger partial charge < -0.3 is 20.1 Å². The molecule has 0 radical (unpaired) electrons. The fourth-order valence-electron chi connectivity index (χ4n) is 3.23. The predicted molar refractivity (Wildman–Crippen MR) is 80.2 cm³/mol. The molecule has 0 spiro atoms. The Labute approximate surface area is 141 Å². The van der Waals surface area contributed by atoms with Gasteiger partial charge in [0.25, 0.3) is 0 Å². The Morgan fingerprint density at radius 1 is 1.28 bits per heavy atom. The molecule has 6 nitrogen and oxygen atoms in total. The van der Waals surface area contributed by atoms with E-state index < -0.39 is 43.1 Å². The van der Waals surface area contributed by atoms with Crippen LogP contribution >= 0.6 is 0 Å². The third-order valence-corrected chi connectivity index (χ3v) is 4.54. The number of ether oxygens (including phenoxy) is 1. The van der Waals surface area contributed by atoms with Crippen molar-refractivity contribution >= 4 is 12.0 Å². The second-order valence-corrected chi connectivity index (χ2v) is 6.24.